The van der Waals surface area contributed by atoms with E-state index < -0.39 is 5.97 Å². The standard InChI is InChI=1S/C37H50FN3O6/c1-45-23-29-18-26(32-13-6-27(38)19-35(32)39-16-14-25(15-17-39)37(43)44)20-41(29)36(42)34-22-40(28-7-11-31(47-3)12-8-28)21-33(34)24-4-9-30(46-2)10-5-24/h4-6,9-10,13,19,25-26,28-29,31,33-34H,7-8,11-12,14-18,20-23H2,1-3H3,(H,43,44)/t26-,28?,29+,31?,33+,34-/m1/s1. The highest BCUT2D eigenvalue weighted by molar-refractivity contribution is 5.81. The minimum Gasteiger partial charge on any atom is -0.497 e. The fourth-order valence-corrected chi connectivity index (χ4v) is 8.70. The summed E-state index contributed by atoms with van der Waals surface area (Å²) in [5.74, 6) is -0.587. The van der Waals surface area contributed by atoms with Gasteiger partial charge < -0.3 is 29.1 Å². The third-order valence-corrected chi connectivity index (χ3v) is 11.4. The summed E-state index contributed by atoms with van der Waals surface area (Å²) in [6, 6.07) is 13.5. The molecule has 0 unspecified atom stereocenters. The Bertz CT molecular complexity index is 1370. The Labute approximate surface area is 277 Å². The third kappa shape index (κ3) is 7.29. The Balaban J connectivity index is 1.24. The number of carboxylic acid groups (broad SMARTS) is 1. The first-order chi connectivity index (χ1) is 22.8. The highest BCUT2D eigenvalue weighted by atomic mass is 19.1. The summed E-state index contributed by atoms with van der Waals surface area (Å²) in [6.45, 7) is 3.68. The van der Waals surface area contributed by atoms with Crippen molar-refractivity contribution in [2.24, 2.45) is 11.8 Å². The van der Waals surface area contributed by atoms with Crippen LogP contribution >= 0.6 is 0 Å². The van der Waals surface area contributed by atoms with Gasteiger partial charge in [-0.1, -0.05) is 18.2 Å². The van der Waals surface area contributed by atoms with E-state index >= 15 is 0 Å². The number of carboxylic acids is 1. The van der Waals surface area contributed by atoms with Crippen LogP contribution in [-0.2, 0) is 19.1 Å². The number of piperidine rings is 1. The molecule has 0 radical (unpaired) electrons. The lowest BCUT2D eigenvalue weighted by Gasteiger charge is -2.34. The zero-order valence-corrected chi connectivity index (χ0v) is 28.0. The van der Waals surface area contributed by atoms with E-state index in [1.54, 1.807) is 27.4 Å². The first-order valence-corrected chi connectivity index (χ1v) is 17.3. The van der Waals surface area contributed by atoms with Crippen LogP contribution in [0.3, 0.4) is 0 Å². The number of ether oxygens (including phenoxy) is 3. The van der Waals surface area contributed by atoms with Crippen molar-refractivity contribution in [3.8, 4) is 5.75 Å². The highest BCUT2D eigenvalue weighted by Crippen LogP contribution is 2.43. The number of carbonyl (C=O) groups excluding carboxylic acids is 1. The van der Waals surface area contributed by atoms with Crippen LogP contribution < -0.4 is 9.64 Å². The Morgan fingerprint density at radius 3 is 2.28 bits per heavy atom. The third-order valence-electron chi connectivity index (χ3n) is 11.4. The van der Waals surface area contributed by atoms with Gasteiger partial charge in [-0.3, -0.25) is 14.5 Å². The van der Waals surface area contributed by atoms with Gasteiger partial charge in [-0.25, -0.2) is 4.39 Å². The molecule has 0 spiro atoms. The largest absolute Gasteiger partial charge is 0.497 e. The first-order valence-electron chi connectivity index (χ1n) is 17.3. The van der Waals surface area contributed by atoms with E-state index in [2.05, 4.69) is 21.9 Å². The summed E-state index contributed by atoms with van der Waals surface area (Å²) in [5.41, 5.74) is 2.99. The van der Waals surface area contributed by atoms with Gasteiger partial charge in [0.25, 0.3) is 0 Å². The zero-order chi connectivity index (χ0) is 33.1. The van der Waals surface area contributed by atoms with Crippen molar-refractivity contribution >= 4 is 17.6 Å². The maximum absolute atomic E-state index is 14.8. The predicted molar refractivity (Wildman–Crippen MR) is 178 cm³/mol. The Morgan fingerprint density at radius 2 is 1.64 bits per heavy atom. The lowest BCUT2D eigenvalue weighted by molar-refractivity contribution is -0.142. The van der Waals surface area contributed by atoms with Gasteiger partial charge >= 0.3 is 5.97 Å². The molecule has 1 aliphatic carbocycles. The number of benzene rings is 2. The molecule has 9 nitrogen and oxygen atoms in total. The average molecular weight is 652 g/mol. The summed E-state index contributed by atoms with van der Waals surface area (Å²) < 4.78 is 31.4. The lowest BCUT2D eigenvalue weighted by atomic mass is 9.87. The number of hydrogen-bond acceptors (Lipinski definition) is 7. The van der Waals surface area contributed by atoms with Crippen LogP contribution in [0.2, 0.25) is 0 Å². The van der Waals surface area contributed by atoms with Crippen LogP contribution in [0.1, 0.15) is 67.9 Å². The molecule has 4 fully saturated rings. The molecule has 2 aromatic carbocycles. The molecule has 4 atom stereocenters. The zero-order valence-electron chi connectivity index (χ0n) is 28.0. The van der Waals surface area contributed by atoms with E-state index in [1.807, 2.05) is 23.1 Å². The summed E-state index contributed by atoms with van der Waals surface area (Å²) in [5, 5.41) is 9.50. The van der Waals surface area contributed by atoms with Crippen molar-refractivity contribution in [1.29, 1.82) is 0 Å². The van der Waals surface area contributed by atoms with Crippen molar-refractivity contribution < 1.29 is 33.3 Å². The lowest BCUT2D eigenvalue weighted by Crippen LogP contribution is -2.44. The first kappa shape index (κ1) is 33.7. The van der Waals surface area contributed by atoms with Crippen LogP contribution in [0.25, 0.3) is 0 Å². The topological polar surface area (TPSA) is 91.8 Å². The van der Waals surface area contributed by atoms with Gasteiger partial charge in [0.15, 0.2) is 0 Å². The van der Waals surface area contributed by atoms with Crippen molar-refractivity contribution in [1.82, 2.24) is 9.80 Å². The second kappa shape index (κ2) is 14.9. The fourth-order valence-electron chi connectivity index (χ4n) is 8.70. The number of amides is 1. The van der Waals surface area contributed by atoms with E-state index in [0.29, 0.717) is 51.2 Å². The molecule has 6 rings (SSSR count). The van der Waals surface area contributed by atoms with Gasteiger partial charge in [0.2, 0.25) is 5.91 Å². The Morgan fingerprint density at radius 1 is 0.915 bits per heavy atom. The summed E-state index contributed by atoms with van der Waals surface area (Å²) in [6.07, 6.45) is 6.35. The van der Waals surface area contributed by atoms with Gasteiger partial charge in [0, 0.05) is 70.5 Å². The van der Waals surface area contributed by atoms with E-state index in [1.165, 1.54) is 6.07 Å². The number of likely N-dealkylation sites (tertiary alicyclic amines) is 2. The van der Waals surface area contributed by atoms with Crippen molar-refractivity contribution in [3.63, 3.8) is 0 Å². The van der Waals surface area contributed by atoms with Crippen LogP contribution in [0.4, 0.5) is 10.1 Å². The fraction of sp³-hybridized carbons (Fsp3) is 0.622. The highest BCUT2D eigenvalue weighted by Gasteiger charge is 2.47. The van der Waals surface area contributed by atoms with Gasteiger partial charge in [0.05, 0.1) is 37.7 Å². The molecule has 3 heterocycles. The molecule has 4 aliphatic rings. The minimum absolute atomic E-state index is 0.0214. The van der Waals surface area contributed by atoms with Gasteiger partial charge in [-0.05, 0) is 80.3 Å². The molecule has 0 bridgehead atoms. The molecule has 10 heteroatoms. The number of aliphatic carboxylic acids is 1. The maximum Gasteiger partial charge on any atom is 0.306 e. The van der Waals surface area contributed by atoms with Crippen LogP contribution in [0.5, 0.6) is 5.75 Å². The number of nitrogens with zero attached hydrogens (tertiary/aromatic N) is 3. The number of carbonyl (C=O) groups is 2. The van der Waals surface area contributed by atoms with Crippen LogP contribution in [-0.4, -0.2) is 106 Å². The molecule has 47 heavy (non-hydrogen) atoms. The number of anilines is 1. The second-order valence-electron chi connectivity index (χ2n) is 13.9. The van der Waals surface area contributed by atoms with Gasteiger partial charge in [0.1, 0.15) is 11.6 Å². The van der Waals surface area contributed by atoms with E-state index in [-0.39, 0.29) is 41.4 Å². The molecule has 3 saturated heterocycles. The summed E-state index contributed by atoms with van der Waals surface area (Å²) in [7, 11) is 5.14. The quantitative estimate of drug-likeness (QED) is 0.378. The second-order valence-corrected chi connectivity index (χ2v) is 13.9. The Kier molecular flexibility index (Phi) is 10.7. The number of hydrogen-bond donors (Lipinski definition) is 1. The van der Waals surface area contributed by atoms with Crippen molar-refractivity contribution in [2.75, 3.05) is 65.6 Å². The van der Waals surface area contributed by atoms with Crippen molar-refractivity contribution in [3.05, 3.63) is 59.4 Å². The van der Waals surface area contributed by atoms with Crippen LogP contribution in [0.15, 0.2) is 42.5 Å². The van der Waals surface area contributed by atoms with Gasteiger partial charge in [-0.15, -0.1) is 0 Å². The van der Waals surface area contributed by atoms with Crippen LogP contribution in [0, 0.1) is 17.7 Å². The predicted octanol–water partition coefficient (Wildman–Crippen LogP) is 5.14. The minimum atomic E-state index is -0.766. The molecule has 256 valence electrons. The van der Waals surface area contributed by atoms with E-state index in [9.17, 15) is 19.1 Å². The molecule has 3 aliphatic heterocycles. The molecule has 1 saturated carbocycles. The maximum atomic E-state index is 14.8. The number of rotatable bonds is 10. The summed E-state index contributed by atoms with van der Waals surface area (Å²) in [4.78, 5) is 33.0. The normalized spacial score (nSPS) is 28.9. The Hall–Kier alpha value is -3.21. The van der Waals surface area contributed by atoms with E-state index in [0.717, 1.165) is 67.8 Å². The van der Waals surface area contributed by atoms with Gasteiger partial charge in [-0.2, -0.15) is 0 Å². The molecule has 1 amide bonds. The molecule has 2 aromatic rings. The van der Waals surface area contributed by atoms with Crippen molar-refractivity contribution in [2.45, 2.75) is 75.0 Å². The molecule has 0 aromatic heterocycles. The molecular weight excluding hydrogens is 601 g/mol. The summed E-state index contributed by atoms with van der Waals surface area (Å²) >= 11 is 0. The smallest absolute Gasteiger partial charge is 0.306 e. The monoisotopic (exact) mass is 651 g/mol. The molecule has 1 N–H and O–H groups in total. The SMILES string of the molecule is COC[C@@H]1C[C@@H](c2ccc(F)cc2N2CCC(C(=O)O)CC2)CN1C(=O)[C@@H]1CN(C2CCC(OC)CC2)C[C@H]1c1ccc(OC)cc1. The average Bonchev–Trinajstić information content (AvgIpc) is 3.74. The van der Waals surface area contributed by atoms with E-state index in [4.69, 9.17) is 14.2 Å². The number of halogens is 1. The number of methoxy groups -OCH3 is 3. The molecular formula is C37H50FN3O6.